The van der Waals surface area contributed by atoms with Gasteiger partial charge in [0.15, 0.2) is 0 Å². The molecular formula is C15H25NO. The summed E-state index contributed by atoms with van der Waals surface area (Å²) in [4.78, 5) is 0. The van der Waals surface area contributed by atoms with Gasteiger partial charge < -0.3 is 10.8 Å². The van der Waals surface area contributed by atoms with Gasteiger partial charge in [0, 0.05) is 0 Å². The van der Waals surface area contributed by atoms with Crippen LogP contribution in [0.15, 0.2) is 18.2 Å². The molecule has 0 unspecified atom stereocenters. The van der Waals surface area contributed by atoms with Crippen molar-refractivity contribution in [3.63, 3.8) is 0 Å². The van der Waals surface area contributed by atoms with Crippen LogP contribution in [0, 0.1) is 19.8 Å². The van der Waals surface area contributed by atoms with E-state index in [0.717, 1.165) is 18.4 Å². The predicted octanol–water partition coefficient (Wildman–Crippen LogP) is 3.10. The van der Waals surface area contributed by atoms with Gasteiger partial charge in [0.1, 0.15) is 0 Å². The van der Waals surface area contributed by atoms with Gasteiger partial charge >= 0.3 is 0 Å². The zero-order valence-corrected chi connectivity index (χ0v) is 11.4. The second kappa shape index (κ2) is 6.18. The van der Waals surface area contributed by atoms with Gasteiger partial charge in [-0.15, -0.1) is 0 Å². The molecule has 0 saturated heterocycles. The van der Waals surface area contributed by atoms with Crippen molar-refractivity contribution in [1.29, 1.82) is 0 Å². The Balaban J connectivity index is 2.71. The molecule has 0 aliphatic heterocycles. The number of benzene rings is 1. The SMILES string of the molecule is Cc1ccc([C@@H](N)[C@@H](O)CCC(C)C)c(C)c1. The molecule has 0 saturated carbocycles. The second-order valence-electron chi connectivity index (χ2n) is 5.42. The number of hydrogen-bond acceptors (Lipinski definition) is 2. The standard InChI is InChI=1S/C15H25NO/c1-10(2)5-8-14(17)15(16)13-7-6-11(3)9-12(13)4/h6-7,9-10,14-15,17H,5,8,16H2,1-4H3/t14-,15+/m0/s1. The highest BCUT2D eigenvalue weighted by Gasteiger charge is 2.18. The summed E-state index contributed by atoms with van der Waals surface area (Å²) in [6, 6.07) is 5.93. The number of rotatable bonds is 5. The van der Waals surface area contributed by atoms with Crippen LogP contribution in [0.5, 0.6) is 0 Å². The molecule has 0 spiro atoms. The van der Waals surface area contributed by atoms with E-state index in [0.29, 0.717) is 5.92 Å². The van der Waals surface area contributed by atoms with Crippen molar-refractivity contribution in [2.45, 2.75) is 52.7 Å². The van der Waals surface area contributed by atoms with Gasteiger partial charge in [-0.05, 0) is 43.7 Å². The lowest BCUT2D eigenvalue weighted by Gasteiger charge is -2.22. The first-order valence-corrected chi connectivity index (χ1v) is 6.42. The monoisotopic (exact) mass is 235 g/mol. The Labute approximate surface area is 105 Å². The van der Waals surface area contributed by atoms with Crippen molar-refractivity contribution in [1.82, 2.24) is 0 Å². The molecule has 0 aliphatic rings. The maximum absolute atomic E-state index is 10.1. The van der Waals surface area contributed by atoms with E-state index in [1.165, 1.54) is 11.1 Å². The molecule has 1 aromatic carbocycles. The Morgan fingerprint density at radius 3 is 2.35 bits per heavy atom. The number of hydrogen-bond donors (Lipinski definition) is 2. The minimum Gasteiger partial charge on any atom is -0.391 e. The molecule has 2 nitrogen and oxygen atoms in total. The molecular weight excluding hydrogens is 210 g/mol. The Morgan fingerprint density at radius 1 is 1.18 bits per heavy atom. The molecule has 17 heavy (non-hydrogen) atoms. The number of aliphatic hydroxyl groups excluding tert-OH is 1. The summed E-state index contributed by atoms with van der Waals surface area (Å²) in [6.07, 6.45) is 1.34. The molecule has 3 N–H and O–H groups in total. The van der Waals surface area contributed by atoms with E-state index in [-0.39, 0.29) is 6.04 Å². The molecule has 0 aliphatic carbocycles. The van der Waals surface area contributed by atoms with Gasteiger partial charge in [0.25, 0.3) is 0 Å². The molecule has 96 valence electrons. The highest BCUT2D eigenvalue weighted by molar-refractivity contribution is 5.33. The fraction of sp³-hybridized carbons (Fsp3) is 0.600. The van der Waals surface area contributed by atoms with E-state index in [1.54, 1.807) is 0 Å². The van der Waals surface area contributed by atoms with E-state index in [9.17, 15) is 5.11 Å². The molecule has 1 aromatic rings. The Bertz CT molecular complexity index is 360. The highest BCUT2D eigenvalue weighted by Crippen LogP contribution is 2.23. The lowest BCUT2D eigenvalue weighted by atomic mass is 9.92. The quantitative estimate of drug-likeness (QED) is 0.823. The lowest BCUT2D eigenvalue weighted by Crippen LogP contribution is -2.27. The van der Waals surface area contributed by atoms with Crippen molar-refractivity contribution in [3.05, 3.63) is 34.9 Å². The third kappa shape index (κ3) is 4.14. The van der Waals surface area contributed by atoms with Gasteiger partial charge in [0.05, 0.1) is 12.1 Å². The molecule has 0 amide bonds. The molecule has 2 heteroatoms. The van der Waals surface area contributed by atoms with E-state index < -0.39 is 6.10 Å². The summed E-state index contributed by atoms with van der Waals surface area (Å²) in [6.45, 7) is 8.44. The van der Waals surface area contributed by atoms with Crippen LogP contribution in [0.1, 0.15) is 49.4 Å². The average Bonchev–Trinajstić information content (AvgIpc) is 2.25. The summed E-state index contributed by atoms with van der Waals surface area (Å²) in [5.74, 6) is 0.607. The van der Waals surface area contributed by atoms with Gasteiger partial charge in [0.2, 0.25) is 0 Å². The fourth-order valence-corrected chi connectivity index (χ4v) is 2.09. The Kier molecular flexibility index (Phi) is 5.16. The normalized spacial score (nSPS) is 15.0. The summed E-state index contributed by atoms with van der Waals surface area (Å²) in [7, 11) is 0. The maximum atomic E-state index is 10.1. The topological polar surface area (TPSA) is 46.2 Å². The highest BCUT2D eigenvalue weighted by atomic mass is 16.3. The van der Waals surface area contributed by atoms with Crippen LogP contribution in [0.25, 0.3) is 0 Å². The molecule has 1 rings (SSSR count). The molecule has 0 fully saturated rings. The van der Waals surface area contributed by atoms with Crippen molar-refractivity contribution >= 4 is 0 Å². The first-order valence-electron chi connectivity index (χ1n) is 6.42. The van der Waals surface area contributed by atoms with Crippen LogP contribution in [-0.2, 0) is 0 Å². The third-order valence-corrected chi connectivity index (χ3v) is 3.24. The maximum Gasteiger partial charge on any atom is 0.0733 e. The van der Waals surface area contributed by atoms with E-state index in [1.807, 2.05) is 6.07 Å². The van der Waals surface area contributed by atoms with Crippen molar-refractivity contribution in [2.75, 3.05) is 0 Å². The lowest BCUT2D eigenvalue weighted by molar-refractivity contribution is 0.128. The van der Waals surface area contributed by atoms with E-state index in [2.05, 4.69) is 39.8 Å². The molecule has 2 atom stereocenters. The van der Waals surface area contributed by atoms with Crippen LogP contribution in [0.2, 0.25) is 0 Å². The third-order valence-electron chi connectivity index (χ3n) is 3.24. The van der Waals surface area contributed by atoms with Crippen molar-refractivity contribution < 1.29 is 5.11 Å². The van der Waals surface area contributed by atoms with Gasteiger partial charge in [-0.25, -0.2) is 0 Å². The summed E-state index contributed by atoms with van der Waals surface area (Å²) >= 11 is 0. The van der Waals surface area contributed by atoms with Crippen LogP contribution in [0.4, 0.5) is 0 Å². The second-order valence-corrected chi connectivity index (χ2v) is 5.42. The number of nitrogens with two attached hydrogens (primary N) is 1. The first kappa shape index (κ1) is 14.2. The molecule has 0 bridgehead atoms. The predicted molar refractivity (Wildman–Crippen MR) is 72.9 cm³/mol. The zero-order chi connectivity index (χ0) is 13.0. The zero-order valence-electron chi connectivity index (χ0n) is 11.4. The summed E-state index contributed by atoms with van der Waals surface area (Å²) in [5, 5.41) is 10.1. The largest absolute Gasteiger partial charge is 0.391 e. The smallest absolute Gasteiger partial charge is 0.0733 e. The van der Waals surface area contributed by atoms with Crippen LogP contribution < -0.4 is 5.73 Å². The van der Waals surface area contributed by atoms with E-state index >= 15 is 0 Å². The van der Waals surface area contributed by atoms with Crippen LogP contribution in [-0.4, -0.2) is 11.2 Å². The van der Waals surface area contributed by atoms with Gasteiger partial charge in [-0.1, -0.05) is 37.6 Å². The molecule has 0 aromatic heterocycles. The van der Waals surface area contributed by atoms with Crippen molar-refractivity contribution in [3.8, 4) is 0 Å². The van der Waals surface area contributed by atoms with E-state index in [4.69, 9.17) is 5.73 Å². The summed E-state index contributed by atoms with van der Waals surface area (Å²) < 4.78 is 0. The number of aliphatic hydroxyl groups is 1. The fourth-order valence-electron chi connectivity index (χ4n) is 2.09. The number of aryl methyl sites for hydroxylation is 2. The summed E-state index contributed by atoms with van der Waals surface area (Å²) in [5.41, 5.74) is 9.59. The van der Waals surface area contributed by atoms with Crippen LogP contribution in [0.3, 0.4) is 0 Å². The minimum absolute atomic E-state index is 0.269. The average molecular weight is 235 g/mol. The van der Waals surface area contributed by atoms with Gasteiger partial charge in [-0.2, -0.15) is 0 Å². The van der Waals surface area contributed by atoms with Crippen molar-refractivity contribution in [2.24, 2.45) is 11.7 Å². The van der Waals surface area contributed by atoms with Crippen LogP contribution >= 0.6 is 0 Å². The minimum atomic E-state index is -0.446. The molecule has 0 radical (unpaired) electrons. The molecule has 0 heterocycles. The first-order chi connectivity index (χ1) is 7.91. The Hall–Kier alpha value is -0.860. The Morgan fingerprint density at radius 2 is 1.82 bits per heavy atom. The van der Waals surface area contributed by atoms with Gasteiger partial charge in [-0.3, -0.25) is 0 Å².